The highest BCUT2D eigenvalue weighted by atomic mass is 32.1. The Morgan fingerprint density at radius 1 is 1.71 bits per heavy atom. The molecule has 2 unspecified atom stereocenters. The predicted molar refractivity (Wildman–Crippen MR) is 69.9 cm³/mol. The quantitative estimate of drug-likeness (QED) is 0.777. The molecule has 1 saturated heterocycles. The summed E-state index contributed by atoms with van der Waals surface area (Å²) in [6.07, 6.45) is 2.65. The van der Waals surface area contributed by atoms with Gasteiger partial charge in [-0.3, -0.25) is 0 Å². The first-order valence-electron chi connectivity index (χ1n) is 5.64. The predicted octanol–water partition coefficient (Wildman–Crippen LogP) is 0.948. The minimum absolute atomic E-state index is 0.266. The highest BCUT2D eigenvalue weighted by Gasteiger charge is 2.23. The van der Waals surface area contributed by atoms with Gasteiger partial charge in [0.1, 0.15) is 4.99 Å². The lowest BCUT2D eigenvalue weighted by Gasteiger charge is -2.20. The van der Waals surface area contributed by atoms with Crippen LogP contribution in [0, 0.1) is 5.92 Å². The van der Waals surface area contributed by atoms with Crippen molar-refractivity contribution in [3.05, 3.63) is 17.8 Å². The zero-order valence-corrected chi connectivity index (χ0v) is 10.5. The van der Waals surface area contributed by atoms with Gasteiger partial charge in [0.25, 0.3) is 0 Å². The molecular formula is C11H16N4OS. The molecule has 5 nitrogen and oxygen atoms in total. The molecule has 0 aliphatic carbocycles. The molecule has 0 spiro atoms. The van der Waals surface area contributed by atoms with Crippen molar-refractivity contribution in [3.63, 3.8) is 0 Å². The summed E-state index contributed by atoms with van der Waals surface area (Å²) in [7, 11) is 0. The van der Waals surface area contributed by atoms with Crippen molar-refractivity contribution < 1.29 is 4.74 Å². The zero-order valence-electron chi connectivity index (χ0n) is 9.72. The Balaban J connectivity index is 2.09. The monoisotopic (exact) mass is 252 g/mol. The summed E-state index contributed by atoms with van der Waals surface area (Å²) in [6.45, 7) is 3.73. The lowest BCUT2D eigenvalue weighted by atomic mass is 10.0. The second kappa shape index (κ2) is 5.37. The minimum atomic E-state index is 0.266. The number of nitrogens with two attached hydrogens (primary N) is 1. The Labute approximate surface area is 106 Å². The van der Waals surface area contributed by atoms with E-state index in [-0.39, 0.29) is 6.04 Å². The van der Waals surface area contributed by atoms with Crippen molar-refractivity contribution in [1.82, 2.24) is 10.2 Å². The Bertz CT molecular complexity index is 406. The Hall–Kier alpha value is -1.27. The van der Waals surface area contributed by atoms with E-state index in [1.54, 1.807) is 12.3 Å². The van der Waals surface area contributed by atoms with Gasteiger partial charge in [-0.05, 0) is 19.4 Å². The standard InChI is InChI=1S/C11H16N4OS/c1-7(8-3-5-16-6-8)14-11-9(10(12)17)2-4-13-15-11/h2,4,7-8H,3,5-6H2,1H3,(H2,12,17)(H,14,15). The molecule has 0 amide bonds. The van der Waals surface area contributed by atoms with Crippen molar-refractivity contribution in [1.29, 1.82) is 0 Å². The van der Waals surface area contributed by atoms with E-state index in [0.29, 0.717) is 16.7 Å². The third-order valence-electron chi connectivity index (χ3n) is 3.02. The number of hydrogen-bond donors (Lipinski definition) is 2. The van der Waals surface area contributed by atoms with E-state index in [4.69, 9.17) is 22.7 Å². The molecule has 92 valence electrons. The van der Waals surface area contributed by atoms with Gasteiger partial charge in [0, 0.05) is 18.6 Å². The van der Waals surface area contributed by atoms with Crippen LogP contribution in [-0.2, 0) is 4.74 Å². The Kier molecular flexibility index (Phi) is 3.86. The molecule has 3 N–H and O–H groups in total. The lowest BCUT2D eigenvalue weighted by Crippen LogP contribution is -2.28. The fraction of sp³-hybridized carbons (Fsp3) is 0.545. The number of aromatic nitrogens is 2. The maximum absolute atomic E-state index is 5.64. The molecule has 2 heterocycles. The van der Waals surface area contributed by atoms with Gasteiger partial charge in [-0.15, -0.1) is 5.10 Å². The average molecular weight is 252 g/mol. The molecule has 17 heavy (non-hydrogen) atoms. The highest BCUT2D eigenvalue weighted by molar-refractivity contribution is 7.80. The van der Waals surface area contributed by atoms with Crippen LogP contribution in [0.25, 0.3) is 0 Å². The fourth-order valence-corrected chi connectivity index (χ4v) is 2.08. The van der Waals surface area contributed by atoms with Crippen LogP contribution in [0.3, 0.4) is 0 Å². The van der Waals surface area contributed by atoms with Crippen molar-refractivity contribution >= 4 is 23.0 Å². The number of nitrogens with one attached hydrogen (secondary N) is 1. The second-order valence-corrected chi connectivity index (χ2v) is 4.65. The summed E-state index contributed by atoms with van der Waals surface area (Å²) in [4.78, 5) is 0.331. The topological polar surface area (TPSA) is 73.1 Å². The van der Waals surface area contributed by atoms with Gasteiger partial charge in [0.05, 0.1) is 18.4 Å². The molecule has 0 radical (unpaired) electrons. The summed E-state index contributed by atoms with van der Waals surface area (Å²) < 4.78 is 5.37. The highest BCUT2D eigenvalue weighted by Crippen LogP contribution is 2.20. The lowest BCUT2D eigenvalue weighted by molar-refractivity contribution is 0.183. The molecule has 1 aliphatic heterocycles. The molecule has 0 aromatic carbocycles. The van der Waals surface area contributed by atoms with Crippen LogP contribution in [-0.4, -0.2) is 34.4 Å². The van der Waals surface area contributed by atoms with Crippen LogP contribution < -0.4 is 11.1 Å². The van der Waals surface area contributed by atoms with Crippen molar-refractivity contribution in [2.45, 2.75) is 19.4 Å². The van der Waals surface area contributed by atoms with Crippen molar-refractivity contribution in [3.8, 4) is 0 Å². The summed E-state index contributed by atoms with van der Waals surface area (Å²) in [5.74, 6) is 1.15. The van der Waals surface area contributed by atoms with Crippen molar-refractivity contribution in [2.75, 3.05) is 18.5 Å². The third kappa shape index (κ3) is 2.89. The van der Waals surface area contributed by atoms with Crippen molar-refractivity contribution in [2.24, 2.45) is 11.7 Å². The molecule has 2 rings (SSSR count). The summed E-state index contributed by atoms with van der Waals surface area (Å²) in [5.41, 5.74) is 6.38. The van der Waals surface area contributed by atoms with Crippen LogP contribution in [0.5, 0.6) is 0 Å². The average Bonchev–Trinajstić information content (AvgIpc) is 2.83. The smallest absolute Gasteiger partial charge is 0.159 e. The zero-order chi connectivity index (χ0) is 12.3. The first-order chi connectivity index (χ1) is 8.18. The number of thiocarbonyl (C=S) groups is 1. The minimum Gasteiger partial charge on any atom is -0.389 e. The van der Waals surface area contributed by atoms with E-state index >= 15 is 0 Å². The van der Waals surface area contributed by atoms with Gasteiger partial charge < -0.3 is 15.8 Å². The van der Waals surface area contributed by atoms with Gasteiger partial charge in [-0.25, -0.2) is 0 Å². The van der Waals surface area contributed by atoms with Gasteiger partial charge >= 0.3 is 0 Å². The number of ether oxygens (including phenoxy) is 1. The van der Waals surface area contributed by atoms with E-state index in [1.165, 1.54) is 0 Å². The fourth-order valence-electron chi connectivity index (χ4n) is 1.92. The van der Waals surface area contributed by atoms with Crippen LogP contribution in [0.4, 0.5) is 5.82 Å². The third-order valence-corrected chi connectivity index (χ3v) is 3.24. The molecule has 6 heteroatoms. The van der Waals surface area contributed by atoms with Crippen LogP contribution in [0.1, 0.15) is 18.9 Å². The van der Waals surface area contributed by atoms with E-state index in [0.717, 1.165) is 25.2 Å². The molecule has 1 aromatic heterocycles. The van der Waals surface area contributed by atoms with Gasteiger partial charge in [-0.2, -0.15) is 5.10 Å². The van der Waals surface area contributed by atoms with Crippen LogP contribution in [0.15, 0.2) is 12.3 Å². The first-order valence-corrected chi connectivity index (χ1v) is 6.05. The van der Waals surface area contributed by atoms with E-state index in [9.17, 15) is 0 Å². The Morgan fingerprint density at radius 2 is 2.53 bits per heavy atom. The molecule has 0 bridgehead atoms. The van der Waals surface area contributed by atoms with E-state index in [2.05, 4.69) is 22.4 Å². The maximum Gasteiger partial charge on any atom is 0.159 e. The number of anilines is 1. The number of hydrogen-bond acceptors (Lipinski definition) is 5. The summed E-state index contributed by atoms with van der Waals surface area (Å²) in [6, 6.07) is 2.04. The van der Waals surface area contributed by atoms with E-state index < -0.39 is 0 Å². The SMILES string of the molecule is CC(Nc1nnccc1C(N)=S)C1CCOC1. The molecule has 0 saturated carbocycles. The van der Waals surface area contributed by atoms with Crippen LogP contribution >= 0.6 is 12.2 Å². The normalized spacial score (nSPS) is 21.1. The largest absolute Gasteiger partial charge is 0.389 e. The molecular weight excluding hydrogens is 236 g/mol. The van der Waals surface area contributed by atoms with Gasteiger partial charge in [0.2, 0.25) is 0 Å². The van der Waals surface area contributed by atoms with Crippen LogP contribution in [0.2, 0.25) is 0 Å². The summed E-state index contributed by atoms with van der Waals surface area (Å²) >= 11 is 4.98. The number of rotatable bonds is 4. The number of nitrogens with zero attached hydrogens (tertiary/aromatic N) is 2. The first kappa shape index (κ1) is 12.2. The van der Waals surface area contributed by atoms with Gasteiger partial charge in [-0.1, -0.05) is 12.2 Å². The second-order valence-electron chi connectivity index (χ2n) is 4.21. The Morgan fingerprint density at radius 3 is 3.18 bits per heavy atom. The molecule has 1 aromatic rings. The molecule has 1 aliphatic rings. The molecule has 1 fully saturated rings. The van der Waals surface area contributed by atoms with E-state index in [1.807, 2.05) is 0 Å². The summed E-state index contributed by atoms with van der Waals surface area (Å²) in [5, 5.41) is 11.2. The van der Waals surface area contributed by atoms with Gasteiger partial charge in [0.15, 0.2) is 5.82 Å². The molecule has 2 atom stereocenters. The maximum atomic E-state index is 5.64.